The lowest BCUT2D eigenvalue weighted by Gasteiger charge is -2.29. The lowest BCUT2D eigenvalue weighted by atomic mass is 9.95. The topological polar surface area (TPSA) is 32.8 Å². The van der Waals surface area contributed by atoms with Gasteiger partial charge in [0.25, 0.3) is 0 Å². The smallest absolute Gasteiger partial charge is 0.142 e. The molecule has 0 spiro atoms. The van der Waals surface area contributed by atoms with E-state index < -0.39 is 0 Å². The highest BCUT2D eigenvalue weighted by Crippen LogP contribution is 2.46. The van der Waals surface area contributed by atoms with Crippen molar-refractivity contribution in [3.05, 3.63) is 191 Å². The summed E-state index contributed by atoms with van der Waals surface area (Å²) in [4.78, 5) is 4.79. The minimum atomic E-state index is 0.167. The molecule has 0 atom stereocenters. The maximum absolute atomic E-state index is 6.93. The number of para-hydroxylation sites is 2. The molecule has 308 valence electrons. The van der Waals surface area contributed by atoms with Crippen LogP contribution in [-0.2, 0) is 0 Å². The van der Waals surface area contributed by atoms with Gasteiger partial charge in [-0.1, -0.05) is 86.6 Å². The summed E-state index contributed by atoms with van der Waals surface area (Å²) in [6.07, 6.45) is 0. The number of anilines is 6. The molecule has 63 heavy (non-hydrogen) atoms. The summed E-state index contributed by atoms with van der Waals surface area (Å²) >= 11 is 0. The number of nitrogens with zero attached hydrogens (tertiary/aromatic N) is 2. The van der Waals surface area contributed by atoms with Crippen LogP contribution < -0.4 is 9.80 Å². The van der Waals surface area contributed by atoms with Gasteiger partial charge in [-0.05, 0) is 181 Å². The van der Waals surface area contributed by atoms with Gasteiger partial charge in [0.1, 0.15) is 22.3 Å². The van der Waals surface area contributed by atoms with E-state index in [-0.39, 0.29) is 5.92 Å². The van der Waals surface area contributed by atoms with Crippen LogP contribution >= 0.6 is 0 Å². The summed E-state index contributed by atoms with van der Waals surface area (Å²) in [5.41, 5.74) is 18.9. The summed E-state index contributed by atoms with van der Waals surface area (Å²) in [6.45, 7) is 17.6. The second kappa shape index (κ2) is 14.7. The van der Waals surface area contributed by atoms with E-state index in [1.165, 1.54) is 66.9 Å². The first-order valence-corrected chi connectivity index (χ1v) is 22.1. The lowest BCUT2D eigenvalue weighted by molar-refractivity contribution is 0.638. The van der Waals surface area contributed by atoms with E-state index >= 15 is 0 Å². The van der Waals surface area contributed by atoms with Crippen LogP contribution in [0.1, 0.15) is 58.7 Å². The average molecular weight is 819 g/mol. The van der Waals surface area contributed by atoms with Gasteiger partial charge >= 0.3 is 0 Å². The second-order valence-corrected chi connectivity index (χ2v) is 18.0. The van der Waals surface area contributed by atoms with Crippen LogP contribution in [0.2, 0.25) is 0 Å². The molecule has 0 saturated carbocycles. The molecule has 0 fully saturated rings. The maximum Gasteiger partial charge on any atom is 0.142 e. The van der Waals surface area contributed by atoms with Gasteiger partial charge < -0.3 is 18.6 Å². The van der Waals surface area contributed by atoms with Crippen molar-refractivity contribution in [1.29, 1.82) is 0 Å². The third kappa shape index (κ3) is 6.35. The van der Waals surface area contributed by atoms with Crippen molar-refractivity contribution in [2.75, 3.05) is 9.80 Å². The molecule has 0 bridgehead atoms. The van der Waals surface area contributed by atoms with Gasteiger partial charge in [-0.25, -0.2) is 0 Å². The molecule has 2 heterocycles. The van der Waals surface area contributed by atoms with Gasteiger partial charge in [-0.2, -0.15) is 0 Å². The highest BCUT2D eigenvalue weighted by atomic mass is 16.3. The highest BCUT2D eigenvalue weighted by molar-refractivity contribution is 6.20. The maximum atomic E-state index is 6.93. The first-order chi connectivity index (χ1) is 30.5. The SMILES string of the molecule is Cc1ccc(C)c(N(c2ccc3cc4c(cc3c2)oc2c(C(C)C)c3oc5cc6cc(N(c7ccccc7C)c7cc(C)ccc7C)ccc6cc5c3cc24)c2ccccc2C)c1. The minimum Gasteiger partial charge on any atom is -0.456 e. The summed E-state index contributed by atoms with van der Waals surface area (Å²) in [7, 11) is 0. The van der Waals surface area contributed by atoms with Crippen LogP contribution in [0.4, 0.5) is 34.1 Å². The summed E-state index contributed by atoms with van der Waals surface area (Å²) in [6, 6.07) is 55.6. The van der Waals surface area contributed by atoms with Crippen molar-refractivity contribution in [1.82, 2.24) is 0 Å². The molecule has 2 aromatic heterocycles. The van der Waals surface area contributed by atoms with E-state index in [9.17, 15) is 0 Å². The van der Waals surface area contributed by atoms with Crippen LogP contribution in [0.5, 0.6) is 0 Å². The molecule has 9 aromatic carbocycles. The Kier molecular flexibility index (Phi) is 8.99. The molecular weight excluding hydrogens is 769 g/mol. The number of fused-ring (bicyclic) bond motifs is 8. The monoisotopic (exact) mass is 818 g/mol. The third-order valence-corrected chi connectivity index (χ3v) is 13.1. The number of rotatable bonds is 7. The molecule has 0 aliphatic heterocycles. The highest BCUT2D eigenvalue weighted by Gasteiger charge is 2.24. The predicted molar refractivity (Wildman–Crippen MR) is 268 cm³/mol. The molecule has 0 saturated heterocycles. The van der Waals surface area contributed by atoms with E-state index in [2.05, 4.69) is 217 Å². The van der Waals surface area contributed by atoms with Crippen molar-refractivity contribution in [2.24, 2.45) is 0 Å². The zero-order valence-electron chi connectivity index (χ0n) is 37.2. The summed E-state index contributed by atoms with van der Waals surface area (Å²) < 4.78 is 13.9. The average Bonchev–Trinajstić information content (AvgIpc) is 3.81. The first-order valence-electron chi connectivity index (χ1n) is 22.1. The molecule has 0 amide bonds. The molecule has 0 aliphatic rings. The molecule has 0 aliphatic carbocycles. The second-order valence-electron chi connectivity index (χ2n) is 18.0. The fraction of sp³-hybridized carbons (Fsp3) is 0.153. The summed E-state index contributed by atoms with van der Waals surface area (Å²) in [5, 5.41) is 9.06. The third-order valence-electron chi connectivity index (χ3n) is 13.1. The van der Waals surface area contributed by atoms with Crippen molar-refractivity contribution >= 4 is 99.5 Å². The Bertz CT molecular complexity index is 3410. The zero-order valence-corrected chi connectivity index (χ0v) is 37.2. The van der Waals surface area contributed by atoms with Crippen molar-refractivity contribution < 1.29 is 8.83 Å². The number of furan rings is 2. The van der Waals surface area contributed by atoms with E-state index in [0.29, 0.717) is 0 Å². The van der Waals surface area contributed by atoms with Crippen LogP contribution in [0.15, 0.2) is 160 Å². The normalized spacial score (nSPS) is 12.0. The van der Waals surface area contributed by atoms with Gasteiger partial charge in [0.05, 0.1) is 0 Å². The van der Waals surface area contributed by atoms with E-state index in [1.54, 1.807) is 0 Å². The van der Waals surface area contributed by atoms with Crippen molar-refractivity contribution in [2.45, 2.75) is 61.3 Å². The molecule has 0 unspecified atom stereocenters. The van der Waals surface area contributed by atoms with Crippen LogP contribution in [0.3, 0.4) is 0 Å². The Balaban J connectivity index is 1.06. The fourth-order valence-corrected chi connectivity index (χ4v) is 9.79. The van der Waals surface area contributed by atoms with Gasteiger partial charge in [-0.15, -0.1) is 0 Å². The molecule has 0 radical (unpaired) electrons. The standard InChI is InChI=1S/C59H50N2O2/c1-34(2)57-58-49(47-29-41-21-23-45(27-43(41)31-55(47)62-58)60(51-15-11-9-13-37(51)5)53-25-35(3)17-19-39(53)7)33-50-48-30-42-22-24-46(28-44(42)32-56(48)63-59(50)57)61(52-16-12-10-14-38(52)6)54-26-36(4)18-20-40(54)8/h9-34H,1-8H3. The van der Waals surface area contributed by atoms with Crippen LogP contribution in [-0.4, -0.2) is 0 Å². The van der Waals surface area contributed by atoms with Gasteiger partial charge in [0, 0.05) is 61.2 Å². The van der Waals surface area contributed by atoms with Gasteiger partial charge in [0.15, 0.2) is 0 Å². The number of benzene rings is 9. The number of hydrogen-bond acceptors (Lipinski definition) is 4. The first kappa shape index (κ1) is 38.6. The van der Waals surface area contributed by atoms with Gasteiger partial charge in [0.2, 0.25) is 0 Å². The van der Waals surface area contributed by atoms with E-state index in [0.717, 1.165) is 71.6 Å². The number of aryl methyl sites for hydroxylation is 6. The summed E-state index contributed by atoms with van der Waals surface area (Å²) in [5.74, 6) is 0.167. The Hall–Kier alpha value is -7.30. The molecule has 11 rings (SSSR count). The zero-order chi connectivity index (χ0) is 43.3. The quantitative estimate of drug-likeness (QED) is 0.160. The van der Waals surface area contributed by atoms with Crippen molar-refractivity contribution in [3.8, 4) is 0 Å². The van der Waals surface area contributed by atoms with Gasteiger partial charge in [-0.3, -0.25) is 0 Å². The molecule has 4 heteroatoms. The predicted octanol–water partition coefficient (Wildman–Crippen LogP) is 17.7. The lowest BCUT2D eigenvalue weighted by Crippen LogP contribution is -2.12. The van der Waals surface area contributed by atoms with E-state index in [1.807, 2.05) is 0 Å². The Morgan fingerprint density at radius 1 is 0.365 bits per heavy atom. The van der Waals surface area contributed by atoms with Crippen LogP contribution in [0, 0.1) is 41.5 Å². The molecule has 11 aromatic rings. The fourth-order valence-electron chi connectivity index (χ4n) is 9.79. The Labute approximate surface area is 368 Å². The Morgan fingerprint density at radius 3 is 1.22 bits per heavy atom. The molecular formula is C59H50N2O2. The molecule has 0 N–H and O–H groups in total. The molecule has 4 nitrogen and oxygen atoms in total. The number of hydrogen-bond donors (Lipinski definition) is 0. The van der Waals surface area contributed by atoms with Crippen molar-refractivity contribution in [3.63, 3.8) is 0 Å². The van der Waals surface area contributed by atoms with Crippen LogP contribution in [0.25, 0.3) is 65.4 Å². The van der Waals surface area contributed by atoms with E-state index in [4.69, 9.17) is 8.83 Å². The Morgan fingerprint density at radius 2 is 0.794 bits per heavy atom. The minimum absolute atomic E-state index is 0.167. The largest absolute Gasteiger partial charge is 0.456 e.